The summed E-state index contributed by atoms with van der Waals surface area (Å²) in [6.07, 6.45) is 8.77. The number of likely N-dealkylation sites (N-methyl/N-ethyl adjacent to an activating group) is 1. The highest BCUT2D eigenvalue weighted by Gasteiger charge is 2.27. The third-order valence-electron chi connectivity index (χ3n) is 6.45. The van der Waals surface area contributed by atoms with Gasteiger partial charge in [0, 0.05) is 59.4 Å². The van der Waals surface area contributed by atoms with Crippen LogP contribution in [0.15, 0.2) is 24.4 Å². The molecule has 0 spiro atoms. The van der Waals surface area contributed by atoms with Gasteiger partial charge in [0.15, 0.2) is 0 Å². The topological polar surface area (TPSA) is 34.0 Å². The Bertz CT molecular complexity index is 1110. The van der Waals surface area contributed by atoms with Crippen LogP contribution in [0.25, 0.3) is 22.8 Å². The van der Waals surface area contributed by atoms with Gasteiger partial charge in [-0.1, -0.05) is 6.07 Å². The van der Waals surface area contributed by atoms with Gasteiger partial charge in [-0.15, -0.1) is 0 Å². The monoisotopic (exact) mass is 372 g/mol. The Labute approximate surface area is 166 Å². The molecule has 1 unspecified atom stereocenters. The molecule has 0 saturated heterocycles. The molecule has 1 aliphatic carbocycles. The van der Waals surface area contributed by atoms with Gasteiger partial charge in [0.05, 0.1) is 0 Å². The Balaban J connectivity index is 1.73. The minimum atomic E-state index is 0.540. The van der Waals surface area contributed by atoms with Crippen molar-refractivity contribution < 1.29 is 0 Å². The van der Waals surface area contributed by atoms with E-state index in [0.717, 1.165) is 37.1 Å². The number of pyridine rings is 2. The van der Waals surface area contributed by atoms with Gasteiger partial charge in [0.1, 0.15) is 5.65 Å². The minimum Gasteiger partial charge on any atom is -0.304 e. The van der Waals surface area contributed by atoms with E-state index in [0.29, 0.717) is 6.04 Å². The average molecular weight is 373 g/mol. The van der Waals surface area contributed by atoms with Crippen molar-refractivity contribution in [2.45, 2.75) is 59.0 Å². The van der Waals surface area contributed by atoms with Crippen LogP contribution in [0.3, 0.4) is 0 Å². The lowest BCUT2D eigenvalue weighted by Gasteiger charge is -2.30. The molecule has 0 amide bonds. The number of hydrogen-bond donors (Lipinski definition) is 0. The molecule has 144 valence electrons. The summed E-state index contributed by atoms with van der Waals surface area (Å²) in [5.41, 5.74) is 10.3. The van der Waals surface area contributed by atoms with E-state index in [4.69, 9.17) is 9.97 Å². The molecule has 2 aliphatic rings. The first kappa shape index (κ1) is 17.6. The maximum Gasteiger partial charge on any atom is 0.144 e. The lowest BCUT2D eigenvalue weighted by Crippen LogP contribution is -2.35. The quantitative estimate of drug-likeness (QED) is 0.618. The van der Waals surface area contributed by atoms with Gasteiger partial charge in [0.2, 0.25) is 0 Å². The van der Waals surface area contributed by atoms with Crippen molar-refractivity contribution in [1.29, 1.82) is 0 Å². The number of allylic oxidation sites excluding steroid dienone is 1. The summed E-state index contributed by atoms with van der Waals surface area (Å²) in [5, 5.41) is 1.31. The molecule has 4 heteroatoms. The van der Waals surface area contributed by atoms with Crippen LogP contribution in [-0.4, -0.2) is 32.5 Å². The van der Waals surface area contributed by atoms with Gasteiger partial charge in [0.25, 0.3) is 0 Å². The molecular formula is C24H28N4. The zero-order valence-electron chi connectivity index (χ0n) is 17.3. The van der Waals surface area contributed by atoms with E-state index in [-0.39, 0.29) is 0 Å². The molecule has 0 bridgehead atoms. The van der Waals surface area contributed by atoms with Crippen molar-refractivity contribution in [3.05, 3.63) is 58.2 Å². The molecule has 3 aromatic rings. The highest BCUT2D eigenvalue weighted by Crippen LogP contribution is 2.35. The van der Waals surface area contributed by atoms with Crippen LogP contribution < -0.4 is 0 Å². The maximum atomic E-state index is 4.86. The summed E-state index contributed by atoms with van der Waals surface area (Å²) in [7, 11) is 2.23. The van der Waals surface area contributed by atoms with Gasteiger partial charge in [-0.3, -0.25) is 9.88 Å². The van der Waals surface area contributed by atoms with E-state index in [2.05, 4.69) is 61.7 Å². The van der Waals surface area contributed by atoms with Crippen molar-refractivity contribution in [2.24, 2.45) is 0 Å². The Morgan fingerprint density at radius 1 is 1.18 bits per heavy atom. The standard InChI is InChI=1S/C24H28N4/c1-15-10-20-21-14-27(4)17(3)11-23(21)28(24(20)25-12-15)13-18-6-5-7-22-19(18)9-8-16(2)26-22/h8-10,12-13,17H,5-7,11,14H2,1-4H3. The summed E-state index contributed by atoms with van der Waals surface area (Å²) < 4.78 is 2.39. The van der Waals surface area contributed by atoms with Crippen molar-refractivity contribution in [3.63, 3.8) is 0 Å². The first-order chi connectivity index (χ1) is 13.5. The summed E-state index contributed by atoms with van der Waals surface area (Å²) in [5.74, 6) is 0. The number of nitrogens with zero attached hydrogens (tertiary/aromatic N) is 4. The first-order valence-electron chi connectivity index (χ1n) is 10.4. The minimum absolute atomic E-state index is 0.540. The molecule has 3 aromatic heterocycles. The molecule has 4 nitrogen and oxygen atoms in total. The second-order valence-corrected chi connectivity index (χ2v) is 8.60. The number of rotatable bonds is 1. The molecule has 0 saturated carbocycles. The summed E-state index contributed by atoms with van der Waals surface area (Å²) in [6.45, 7) is 7.53. The number of aryl methyl sites for hydroxylation is 3. The zero-order valence-corrected chi connectivity index (χ0v) is 17.3. The summed E-state index contributed by atoms with van der Waals surface area (Å²) in [6, 6.07) is 7.24. The second kappa shape index (κ2) is 6.56. The smallest absolute Gasteiger partial charge is 0.144 e. The normalized spacial score (nSPS) is 21.1. The predicted molar refractivity (Wildman–Crippen MR) is 115 cm³/mol. The van der Waals surface area contributed by atoms with Gasteiger partial charge in [-0.25, -0.2) is 4.98 Å². The Morgan fingerprint density at radius 3 is 2.89 bits per heavy atom. The van der Waals surface area contributed by atoms with Crippen molar-refractivity contribution in [2.75, 3.05) is 7.05 Å². The largest absolute Gasteiger partial charge is 0.304 e. The van der Waals surface area contributed by atoms with Crippen LogP contribution in [0.2, 0.25) is 0 Å². The van der Waals surface area contributed by atoms with Crippen LogP contribution in [-0.2, 0) is 19.4 Å². The van der Waals surface area contributed by atoms with E-state index in [1.165, 1.54) is 45.5 Å². The Hall–Kier alpha value is -2.46. The van der Waals surface area contributed by atoms with Crippen molar-refractivity contribution in [3.8, 4) is 0 Å². The van der Waals surface area contributed by atoms with E-state index in [9.17, 15) is 0 Å². The van der Waals surface area contributed by atoms with Crippen LogP contribution in [0.5, 0.6) is 0 Å². The molecule has 0 aromatic carbocycles. The fourth-order valence-electron chi connectivity index (χ4n) is 4.75. The third kappa shape index (κ3) is 2.78. The Kier molecular flexibility index (Phi) is 4.13. The highest BCUT2D eigenvalue weighted by molar-refractivity contribution is 5.88. The van der Waals surface area contributed by atoms with E-state index >= 15 is 0 Å². The summed E-state index contributed by atoms with van der Waals surface area (Å²) >= 11 is 0. The maximum absolute atomic E-state index is 4.86. The molecule has 4 heterocycles. The zero-order chi connectivity index (χ0) is 19.4. The Morgan fingerprint density at radius 2 is 2.04 bits per heavy atom. The van der Waals surface area contributed by atoms with Crippen LogP contribution in [0.1, 0.15) is 53.5 Å². The number of fused-ring (bicyclic) bond motifs is 4. The van der Waals surface area contributed by atoms with Crippen molar-refractivity contribution >= 4 is 22.8 Å². The first-order valence-corrected chi connectivity index (χ1v) is 10.4. The number of aromatic nitrogens is 3. The van der Waals surface area contributed by atoms with Gasteiger partial charge in [-0.2, -0.15) is 0 Å². The van der Waals surface area contributed by atoms with Crippen molar-refractivity contribution in [1.82, 2.24) is 19.4 Å². The lowest BCUT2D eigenvalue weighted by atomic mass is 9.91. The van der Waals surface area contributed by atoms with Crippen LogP contribution in [0, 0.1) is 13.8 Å². The SMILES string of the molecule is Cc1cnc2c(c1)c1c(n2C=C2CCCc3nc(C)ccc32)CC(C)N(C)C1. The van der Waals surface area contributed by atoms with Crippen LogP contribution in [0.4, 0.5) is 0 Å². The van der Waals surface area contributed by atoms with E-state index in [1.54, 1.807) is 0 Å². The fourth-order valence-corrected chi connectivity index (χ4v) is 4.75. The van der Waals surface area contributed by atoms with Gasteiger partial charge in [-0.05, 0) is 75.9 Å². The van der Waals surface area contributed by atoms with Crippen LogP contribution >= 0.6 is 0 Å². The predicted octanol–water partition coefficient (Wildman–Crippen LogP) is 4.76. The summed E-state index contributed by atoms with van der Waals surface area (Å²) in [4.78, 5) is 12.1. The molecule has 0 fully saturated rings. The molecule has 1 atom stereocenters. The lowest BCUT2D eigenvalue weighted by molar-refractivity contribution is 0.230. The molecule has 5 rings (SSSR count). The molecular weight excluding hydrogens is 344 g/mol. The average Bonchev–Trinajstić information content (AvgIpc) is 2.94. The van der Waals surface area contributed by atoms with E-state index < -0.39 is 0 Å². The van der Waals surface area contributed by atoms with Gasteiger partial charge < -0.3 is 4.57 Å². The third-order valence-corrected chi connectivity index (χ3v) is 6.45. The number of hydrogen-bond acceptors (Lipinski definition) is 3. The molecule has 1 aliphatic heterocycles. The fraction of sp³-hybridized carbons (Fsp3) is 0.417. The van der Waals surface area contributed by atoms with E-state index in [1.807, 2.05) is 6.20 Å². The highest BCUT2D eigenvalue weighted by atomic mass is 15.2. The molecule has 0 radical (unpaired) electrons. The van der Waals surface area contributed by atoms with Gasteiger partial charge >= 0.3 is 0 Å². The molecule has 0 N–H and O–H groups in total. The molecule has 28 heavy (non-hydrogen) atoms. The second-order valence-electron chi connectivity index (χ2n) is 8.60.